The number of aliphatic hydroxyl groups excluding tert-OH is 1. The summed E-state index contributed by atoms with van der Waals surface area (Å²) in [7, 11) is 0. The quantitative estimate of drug-likeness (QED) is 0.846. The van der Waals surface area contributed by atoms with E-state index in [2.05, 4.69) is 5.32 Å². The molecule has 3 saturated heterocycles. The molecule has 25 heavy (non-hydrogen) atoms. The normalized spacial score (nSPS) is 28.9. The van der Waals surface area contributed by atoms with Gasteiger partial charge in [0, 0.05) is 25.0 Å². The van der Waals surface area contributed by atoms with E-state index < -0.39 is 6.03 Å². The summed E-state index contributed by atoms with van der Waals surface area (Å²) in [5.41, 5.74) is 1.00. The average molecular weight is 343 g/mol. The summed E-state index contributed by atoms with van der Waals surface area (Å²) in [5, 5.41) is 12.2. The van der Waals surface area contributed by atoms with Gasteiger partial charge in [-0.25, -0.2) is 4.79 Å². The Hall–Kier alpha value is -2.41. The first kappa shape index (κ1) is 16.1. The monoisotopic (exact) mass is 343 g/mol. The Morgan fingerprint density at radius 1 is 1.12 bits per heavy atom. The maximum atomic E-state index is 13.2. The molecule has 2 N–H and O–H groups in total. The second-order valence-electron chi connectivity index (χ2n) is 6.99. The van der Waals surface area contributed by atoms with Gasteiger partial charge in [0.1, 0.15) is 0 Å². The highest BCUT2D eigenvalue weighted by atomic mass is 16.3. The van der Waals surface area contributed by atoms with Gasteiger partial charge in [0.05, 0.1) is 17.4 Å². The minimum Gasteiger partial charge on any atom is -0.393 e. The lowest BCUT2D eigenvalue weighted by Gasteiger charge is -2.38. The molecule has 1 aromatic rings. The number of carbonyl (C=O) groups excluding carboxylic acids is 3. The van der Waals surface area contributed by atoms with Crippen molar-refractivity contribution in [1.29, 1.82) is 0 Å². The van der Waals surface area contributed by atoms with E-state index in [0.717, 1.165) is 12.8 Å². The molecule has 0 spiro atoms. The molecule has 3 heterocycles. The van der Waals surface area contributed by atoms with E-state index in [9.17, 15) is 19.5 Å². The molecule has 1 aromatic carbocycles. The van der Waals surface area contributed by atoms with Crippen molar-refractivity contribution < 1.29 is 19.5 Å². The predicted octanol–water partition coefficient (Wildman–Crippen LogP) is 1.26. The first-order valence-corrected chi connectivity index (χ1v) is 8.75. The molecule has 0 radical (unpaired) electrons. The zero-order valence-electron chi connectivity index (χ0n) is 13.9. The van der Waals surface area contributed by atoms with Crippen LogP contribution in [0.5, 0.6) is 0 Å². The van der Waals surface area contributed by atoms with Crippen LogP contribution >= 0.6 is 0 Å². The Balaban J connectivity index is 1.64. The van der Waals surface area contributed by atoms with Gasteiger partial charge in [0.15, 0.2) is 0 Å². The molecule has 0 aliphatic carbocycles. The lowest BCUT2D eigenvalue weighted by atomic mass is 9.98. The lowest BCUT2D eigenvalue weighted by Crippen LogP contribution is -2.51. The number of amides is 4. The van der Waals surface area contributed by atoms with Crippen LogP contribution < -0.4 is 10.2 Å². The van der Waals surface area contributed by atoms with Crippen molar-refractivity contribution in [3.8, 4) is 0 Å². The smallest absolute Gasteiger partial charge is 0.328 e. The van der Waals surface area contributed by atoms with Crippen LogP contribution in [-0.4, -0.2) is 52.6 Å². The zero-order valence-corrected chi connectivity index (χ0v) is 13.9. The number of nitrogens with zero attached hydrogens (tertiary/aromatic N) is 2. The van der Waals surface area contributed by atoms with Gasteiger partial charge >= 0.3 is 6.03 Å². The van der Waals surface area contributed by atoms with Gasteiger partial charge in [-0.2, -0.15) is 0 Å². The highest BCUT2D eigenvalue weighted by molar-refractivity contribution is 6.09. The second-order valence-corrected chi connectivity index (χ2v) is 6.99. The standard InChI is InChI=1S/C18H21N3O4/c22-13-9-11-5-6-12(10-13)21(11)17(24)14-3-1-2-4-15(14)20-8-7-16(23)19-18(20)25/h1-4,11-13,22H,5-10H2,(H,19,23,25)/t11-,12+,13?. The summed E-state index contributed by atoms with van der Waals surface area (Å²) in [6.07, 6.45) is 2.93. The number of carbonyl (C=O) groups is 3. The van der Waals surface area contributed by atoms with Gasteiger partial charge in [-0.3, -0.25) is 19.8 Å². The van der Waals surface area contributed by atoms with Gasteiger partial charge in [-0.05, 0) is 37.8 Å². The third kappa shape index (κ3) is 2.78. The van der Waals surface area contributed by atoms with Gasteiger partial charge < -0.3 is 10.0 Å². The van der Waals surface area contributed by atoms with Crippen LogP contribution in [0.4, 0.5) is 10.5 Å². The number of piperidine rings is 1. The van der Waals surface area contributed by atoms with Crippen molar-refractivity contribution in [2.45, 2.75) is 50.3 Å². The SMILES string of the molecule is O=C1CCN(c2ccccc2C(=O)N2[C@@H]3CC[C@H]2CC(O)C3)C(=O)N1. The fraction of sp³-hybridized carbons (Fsp3) is 0.500. The fourth-order valence-corrected chi connectivity index (χ4v) is 4.30. The Morgan fingerprint density at radius 3 is 2.48 bits per heavy atom. The van der Waals surface area contributed by atoms with Crippen LogP contribution in [0, 0.1) is 0 Å². The van der Waals surface area contributed by atoms with E-state index in [4.69, 9.17) is 0 Å². The molecule has 1 unspecified atom stereocenters. The number of benzene rings is 1. The van der Waals surface area contributed by atoms with E-state index >= 15 is 0 Å². The number of rotatable bonds is 2. The molecule has 7 heteroatoms. The van der Waals surface area contributed by atoms with Crippen molar-refractivity contribution in [2.75, 3.05) is 11.4 Å². The molecular formula is C18H21N3O4. The topological polar surface area (TPSA) is 90.0 Å². The maximum absolute atomic E-state index is 13.2. The van der Waals surface area contributed by atoms with E-state index in [1.807, 2.05) is 4.90 Å². The van der Waals surface area contributed by atoms with Crippen molar-refractivity contribution in [1.82, 2.24) is 10.2 Å². The summed E-state index contributed by atoms with van der Waals surface area (Å²) < 4.78 is 0. The minimum atomic E-state index is -0.492. The number of fused-ring (bicyclic) bond motifs is 2. The maximum Gasteiger partial charge on any atom is 0.328 e. The third-order valence-corrected chi connectivity index (χ3v) is 5.42. The molecular weight excluding hydrogens is 322 g/mol. The van der Waals surface area contributed by atoms with Crippen LogP contribution in [0.25, 0.3) is 0 Å². The fourth-order valence-electron chi connectivity index (χ4n) is 4.30. The highest BCUT2D eigenvalue weighted by Gasteiger charge is 2.43. The Labute approximate surface area is 145 Å². The van der Waals surface area contributed by atoms with Crippen LogP contribution in [0.3, 0.4) is 0 Å². The van der Waals surface area contributed by atoms with Crippen LogP contribution in [0.1, 0.15) is 42.5 Å². The van der Waals surface area contributed by atoms with Gasteiger partial charge in [0.2, 0.25) is 5.91 Å². The van der Waals surface area contributed by atoms with Gasteiger partial charge in [-0.15, -0.1) is 0 Å². The van der Waals surface area contributed by atoms with E-state index in [-0.39, 0.29) is 43.0 Å². The second kappa shape index (κ2) is 6.15. The first-order valence-electron chi connectivity index (χ1n) is 8.75. The number of urea groups is 1. The summed E-state index contributed by atoms with van der Waals surface area (Å²) in [4.78, 5) is 40.1. The highest BCUT2D eigenvalue weighted by Crippen LogP contribution is 2.38. The lowest BCUT2D eigenvalue weighted by molar-refractivity contribution is -0.120. The van der Waals surface area contributed by atoms with Crippen molar-refractivity contribution in [3.63, 3.8) is 0 Å². The number of para-hydroxylation sites is 1. The van der Waals surface area contributed by atoms with E-state index in [0.29, 0.717) is 24.1 Å². The summed E-state index contributed by atoms with van der Waals surface area (Å²) >= 11 is 0. The molecule has 3 aliphatic rings. The molecule has 2 bridgehead atoms. The van der Waals surface area contributed by atoms with Crippen molar-refractivity contribution >= 4 is 23.5 Å². The number of anilines is 1. The Morgan fingerprint density at radius 2 is 1.80 bits per heavy atom. The Bertz CT molecular complexity index is 721. The molecule has 3 aliphatic heterocycles. The molecule has 3 fully saturated rings. The largest absolute Gasteiger partial charge is 0.393 e. The summed E-state index contributed by atoms with van der Waals surface area (Å²) in [6, 6.07) is 6.66. The zero-order chi connectivity index (χ0) is 17.6. The molecule has 3 atom stereocenters. The van der Waals surface area contributed by atoms with Crippen LogP contribution in [0.2, 0.25) is 0 Å². The van der Waals surface area contributed by atoms with Crippen molar-refractivity contribution in [2.24, 2.45) is 0 Å². The van der Waals surface area contributed by atoms with Crippen LogP contribution in [-0.2, 0) is 4.79 Å². The molecule has 0 aromatic heterocycles. The molecule has 4 amide bonds. The molecule has 7 nitrogen and oxygen atoms in total. The summed E-state index contributed by atoms with van der Waals surface area (Å²) in [5.74, 6) is -0.396. The van der Waals surface area contributed by atoms with E-state index in [1.165, 1.54) is 4.90 Å². The minimum absolute atomic E-state index is 0.0612. The number of aliphatic hydroxyl groups is 1. The summed E-state index contributed by atoms with van der Waals surface area (Å²) in [6.45, 7) is 0.264. The first-order chi connectivity index (χ1) is 12.0. The molecule has 0 saturated carbocycles. The number of imide groups is 1. The van der Waals surface area contributed by atoms with E-state index in [1.54, 1.807) is 24.3 Å². The predicted molar refractivity (Wildman–Crippen MR) is 90.2 cm³/mol. The third-order valence-electron chi connectivity index (χ3n) is 5.42. The molecule has 4 rings (SSSR count). The number of hydrogen-bond acceptors (Lipinski definition) is 4. The number of nitrogens with one attached hydrogen (secondary N) is 1. The average Bonchev–Trinajstić information content (AvgIpc) is 2.86. The number of hydrogen-bond donors (Lipinski definition) is 2. The van der Waals surface area contributed by atoms with Crippen LogP contribution in [0.15, 0.2) is 24.3 Å². The van der Waals surface area contributed by atoms with Crippen molar-refractivity contribution in [3.05, 3.63) is 29.8 Å². The molecule has 132 valence electrons. The van der Waals surface area contributed by atoms with Gasteiger partial charge in [-0.1, -0.05) is 12.1 Å². The van der Waals surface area contributed by atoms with Gasteiger partial charge in [0.25, 0.3) is 5.91 Å². The Kier molecular flexibility index (Phi) is 3.95.